The Labute approximate surface area is 142 Å². The van der Waals surface area contributed by atoms with E-state index >= 15 is 0 Å². The van der Waals surface area contributed by atoms with Crippen molar-refractivity contribution in [1.29, 1.82) is 0 Å². The summed E-state index contributed by atoms with van der Waals surface area (Å²) in [6, 6.07) is 17.0. The van der Waals surface area contributed by atoms with Crippen molar-refractivity contribution >= 4 is 6.09 Å². The highest BCUT2D eigenvalue weighted by atomic mass is 16.4. The summed E-state index contributed by atoms with van der Waals surface area (Å²) in [5.41, 5.74) is 3.33. The Morgan fingerprint density at radius 3 is 2.42 bits per heavy atom. The van der Waals surface area contributed by atoms with Crippen LogP contribution in [0.4, 0.5) is 4.79 Å². The van der Waals surface area contributed by atoms with Gasteiger partial charge in [0.15, 0.2) is 0 Å². The van der Waals surface area contributed by atoms with Crippen molar-refractivity contribution in [3.63, 3.8) is 0 Å². The molecule has 24 heavy (non-hydrogen) atoms. The summed E-state index contributed by atoms with van der Waals surface area (Å²) in [7, 11) is 0. The first-order valence-corrected chi connectivity index (χ1v) is 8.03. The Bertz CT molecular complexity index is 646. The Balaban J connectivity index is 1.91. The third-order valence-corrected chi connectivity index (χ3v) is 4.00. The van der Waals surface area contributed by atoms with Crippen LogP contribution < -0.4 is 10.6 Å². The Morgan fingerprint density at radius 2 is 1.75 bits per heavy atom. The first-order valence-electron chi connectivity index (χ1n) is 8.03. The van der Waals surface area contributed by atoms with Crippen LogP contribution >= 0.6 is 0 Å². The van der Waals surface area contributed by atoms with Crippen LogP contribution in [0, 0.1) is 6.92 Å². The highest BCUT2D eigenvalue weighted by Crippen LogP contribution is 2.08. The molecule has 0 heterocycles. The summed E-state index contributed by atoms with van der Waals surface area (Å²) < 4.78 is 0. The van der Waals surface area contributed by atoms with Crippen molar-refractivity contribution in [2.75, 3.05) is 6.54 Å². The van der Waals surface area contributed by atoms with Gasteiger partial charge in [-0.1, -0.05) is 54.6 Å². The van der Waals surface area contributed by atoms with Crippen LogP contribution in [0.25, 0.3) is 0 Å². The average Bonchev–Trinajstić information content (AvgIpc) is 2.56. The Morgan fingerprint density at radius 1 is 1.08 bits per heavy atom. The summed E-state index contributed by atoms with van der Waals surface area (Å²) in [6.45, 7) is 2.98. The molecule has 0 unspecified atom stereocenters. The fraction of sp³-hybridized carbons (Fsp3) is 0.316. The van der Waals surface area contributed by atoms with E-state index in [0.29, 0.717) is 19.5 Å². The monoisotopic (exact) mass is 328 g/mol. The van der Waals surface area contributed by atoms with E-state index in [1.165, 1.54) is 5.56 Å². The van der Waals surface area contributed by atoms with E-state index in [0.717, 1.165) is 11.1 Å². The highest BCUT2D eigenvalue weighted by molar-refractivity contribution is 5.65. The summed E-state index contributed by atoms with van der Waals surface area (Å²) in [4.78, 5) is 11.0. The maximum Gasteiger partial charge on any atom is 0.404 e. The van der Waals surface area contributed by atoms with Crippen LogP contribution in [-0.2, 0) is 13.0 Å². The number of carboxylic acid groups (broad SMARTS) is 1. The lowest BCUT2D eigenvalue weighted by molar-refractivity contribution is 0.117. The van der Waals surface area contributed by atoms with Gasteiger partial charge in [-0.3, -0.25) is 0 Å². The number of benzene rings is 2. The highest BCUT2D eigenvalue weighted by Gasteiger charge is 2.21. The third kappa shape index (κ3) is 5.68. The predicted octanol–water partition coefficient (Wildman–Crippen LogP) is 2.32. The molecule has 4 N–H and O–H groups in total. The normalized spacial score (nSPS) is 13.2. The van der Waals surface area contributed by atoms with E-state index in [2.05, 4.69) is 10.6 Å². The van der Waals surface area contributed by atoms with E-state index in [4.69, 9.17) is 5.11 Å². The van der Waals surface area contributed by atoms with Gasteiger partial charge >= 0.3 is 6.09 Å². The fourth-order valence-corrected chi connectivity index (χ4v) is 2.62. The second-order valence-corrected chi connectivity index (χ2v) is 5.87. The van der Waals surface area contributed by atoms with E-state index in [1.54, 1.807) is 0 Å². The number of amides is 1. The van der Waals surface area contributed by atoms with Crippen LogP contribution in [0.1, 0.15) is 16.7 Å². The fourth-order valence-electron chi connectivity index (χ4n) is 2.62. The number of carbonyl (C=O) groups is 1. The van der Waals surface area contributed by atoms with Gasteiger partial charge in [-0.15, -0.1) is 0 Å². The van der Waals surface area contributed by atoms with Gasteiger partial charge in [0.1, 0.15) is 0 Å². The Kier molecular flexibility index (Phi) is 6.78. The lowest BCUT2D eigenvalue weighted by Gasteiger charge is -2.23. The van der Waals surface area contributed by atoms with Crippen molar-refractivity contribution in [3.8, 4) is 0 Å². The van der Waals surface area contributed by atoms with Gasteiger partial charge in [-0.2, -0.15) is 0 Å². The molecule has 0 aromatic heterocycles. The number of nitrogens with one attached hydrogen (secondary N) is 2. The van der Waals surface area contributed by atoms with Crippen LogP contribution in [0.15, 0.2) is 54.6 Å². The molecule has 0 saturated carbocycles. The number of hydrogen-bond donors (Lipinski definition) is 4. The van der Waals surface area contributed by atoms with Crippen LogP contribution in [0.2, 0.25) is 0 Å². The molecule has 0 bridgehead atoms. The van der Waals surface area contributed by atoms with Crippen LogP contribution in [0.3, 0.4) is 0 Å². The van der Waals surface area contributed by atoms with E-state index in [9.17, 15) is 9.90 Å². The smallest absolute Gasteiger partial charge is 0.404 e. The molecule has 0 spiro atoms. The molecule has 0 fully saturated rings. The second kappa shape index (κ2) is 9.05. The molecule has 0 aliphatic heterocycles. The second-order valence-electron chi connectivity index (χ2n) is 5.87. The molecule has 5 nitrogen and oxygen atoms in total. The van der Waals surface area contributed by atoms with Crippen molar-refractivity contribution in [2.24, 2.45) is 0 Å². The van der Waals surface area contributed by atoms with Crippen LogP contribution in [0.5, 0.6) is 0 Å². The summed E-state index contributed by atoms with van der Waals surface area (Å²) in [6.07, 6.45) is -1.50. The van der Waals surface area contributed by atoms with Gasteiger partial charge in [-0.25, -0.2) is 4.79 Å². The lowest BCUT2D eigenvalue weighted by atomic mass is 10.0. The molecule has 0 aliphatic rings. The molecular formula is C19H24N2O3. The minimum atomic E-state index is -1.13. The summed E-state index contributed by atoms with van der Waals surface area (Å²) in [5, 5.41) is 25.0. The van der Waals surface area contributed by atoms with Gasteiger partial charge in [-0.05, 0) is 30.0 Å². The largest absolute Gasteiger partial charge is 0.465 e. The molecule has 1 amide bonds. The lowest BCUT2D eigenvalue weighted by Crippen LogP contribution is -2.48. The maximum atomic E-state index is 11.0. The molecule has 0 saturated heterocycles. The summed E-state index contributed by atoms with van der Waals surface area (Å²) in [5.74, 6) is 0. The average molecular weight is 328 g/mol. The number of rotatable bonds is 8. The van der Waals surface area contributed by atoms with Gasteiger partial charge in [0.2, 0.25) is 0 Å². The minimum Gasteiger partial charge on any atom is -0.465 e. The minimum absolute atomic E-state index is 0.312. The quantitative estimate of drug-likeness (QED) is 0.599. The molecule has 2 atom stereocenters. The maximum absolute atomic E-state index is 11.0. The summed E-state index contributed by atoms with van der Waals surface area (Å²) >= 11 is 0. The molecule has 2 aromatic rings. The van der Waals surface area contributed by atoms with E-state index in [-0.39, 0.29) is 0 Å². The molecule has 0 radical (unpaired) electrons. The van der Waals surface area contributed by atoms with Gasteiger partial charge in [0.25, 0.3) is 0 Å². The molecule has 0 aliphatic carbocycles. The van der Waals surface area contributed by atoms with E-state index in [1.807, 2.05) is 61.5 Å². The zero-order valence-corrected chi connectivity index (χ0v) is 13.8. The first-order chi connectivity index (χ1) is 11.6. The molecular weight excluding hydrogens is 304 g/mol. The van der Waals surface area contributed by atoms with Gasteiger partial charge < -0.3 is 20.8 Å². The van der Waals surface area contributed by atoms with Crippen molar-refractivity contribution < 1.29 is 15.0 Å². The number of aliphatic hydroxyl groups excluding tert-OH is 1. The van der Waals surface area contributed by atoms with Crippen molar-refractivity contribution in [2.45, 2.75) is 32.0 Å². The standard InChI is InChI=1S/C19H24N2O3/c1-14-7-5-6-10-16(14)12-20-13-18(22)17(21-19(23)24)11-15-8-3-2-4-9-15/h2-10,17-18,20-22H,11-13H2,1H3,(H,23,24)/t17-,18-/m0/s1. The molecule has 128 valence electrons. The number of aliphatic hydroxyl groups is 1. The predicted molar refractivity (Wildman–Crippen MR) is 94.0 cm³/mol. The number of hydrogen-bond acceptors (Lipinski definition) is 3. The molecule has 2 rings (SSSR count). The topological polar surface area (TPSA) is 81.6 Å². The molecule has 2 aromatic carbocycles. The molecule has 5 heteroatoms. The van der Waals surface area contributed by atoms with Crippen LogP contribution in [-0.4, -0.2) is 35.0 Å². The van der Waals surface area contributed by atoms with E-state index < -0.39 is 18.2 Å². The Hall–Kier alpha value is -2.37. The first kappa shape index (κ1) is 18.0. The SMILES string of the molecule is Cc1ccccc1CNC[C@H](O)[C@H](Cc1ccccc1)NC(=O)O. The third-order valence-electron chi connectivity index (χ3n) is 4.00. The van der Waals surface area contributed by atoms with Crippen molar-refractivity contribution in [3.05, 3.63) is 71.3 Å². The van der Waals surface area contributed by atoms with Crippen molar-refractivity contribution in [1.82, 2.24) is 10.6 Å². The van der Waals surface area contributed by atoms with Gasteiger partial charge in [0, 0.05) is 13.1 Å². The number of aryl methyl sites for hydroxylation is 1. The zero-order chi connectivity index (χ0) is 17.4. The zero-order valence-electron chi connectivity index (χ0n) is 13.8. The van der Waals surface area contributed by atoms with Gasteiger partial charge in [0.05, 0.1) is 12.1 Å².